The third-order valence-corrected chi connectivity index (χ3v) is 4.56. The zero-order chi connectivity index (χ0) is 16.4. The highest BCUT2D eigenvalue weighted by Gasteiger charge is 2.46. The normalized spacial score (nSPS) is 31.5. The van der Waals surface area contributed by atoms with Crippen LogP contribution in [-0.4, -0.2) is 35.1 Å². The summed E-state index contributed by atoms with van der Waals surface area (Å²) < 4.78 is 0. The summed E-state index contributed by atoms with van der Waals surface area (Å²) in [5, 5.41) is 12.2. The van der Waals surface area contributed by atoms with Gasteiger partial charge in [-0.3, -0.25) is 9.59 Å². The van der Waals surface area contributed by atoms with E-state index >= 15 is 0 Å². The van der Waals surface area contributed by atoms with Crippen molar-refractivity contribution >= 4 is 11.9 Å². The first-order valence-electron chi connectivity index (χ1n) is 7.54. The first-order chi connectivity index (χ1) is 9.48. The summed E-state index contributed by atoms with van der Waals surface area (Å²) in [7, 11) is 0. The summed E-state index contributed by atoms with van der Waals surface area (Å²) in [6, 6.07) is -0.628. The first kappa shape index (κ1) is 17.9. The lowest BCUT2D eigenvalue weighted by Gasteiger charge is -2.40. The lowest BCUT2D eigenvalue weighted by molar-refractivity contribution is -0.148. The standard InChI is InChI=1S/C15H29N3O3/c1-9-5-6-10(15(17,7-9)13(20)21)8-18-12(19)11(16)14(2,3)4/h9-11H,5-8,16-17H2,1-4H3,(H,18,19)(H,20,21)/t9-,10+,11-,15-/m1/s1. The Hall–Kier alpha value is -1.14. The number of carbonyl (C=O) groups is 2. The van der Waals surface area contributed by atoms with Gasteiger partial charge in [0.2, 0.25) is 5.91 Å². The van der Waals surface area contributed by atoms with Gasteiger partial charge in [-0.2, -0.15) is 0 Å². The van der Waals surface area contributed by atoms with Crippen LogP contribution >= 0.6 is 0 Å². The van der Waals surface area contributed by atoms with E-state index in [-0.39, 0.29) is 29.7 Å². The number of carboxylic acid groups (broad SMARTS) is 1. The Morgan fingerprint density at radius 2 is 1.95 bits per heavy atom. The van der Waals surface area contributed by atoms with E-state index in [0.717, 1.165) is 6.42 Å². The minimum Gasteiger partial charge on any atom is -0.480 e. The molecule has 6 nitrogen and oxygen atoms in total. The number of hydrogen-bond acceptors (Lipinski definition) is 4. The van der Waals surface area contributed by atoms with E-state index < -0.39 is 17.6 Å². The zero-order valence-corrected chi connectivity index (χ0v) is 13.5. The molecule has 0 unspecified atom stereocenters. The summed E-state index contributed by atoms with van der Waals surface area (Å²) in [5.41, 5.74) is 10.4. The fourth-order valence-corrected chi connectivity index (χ4v) is 2.86. The Morgan fingerprint density at radius 3 is 2.43 bits per heavy atom. The van der Waals surface area contributed by atoms with Gasteiger partial charge in [0.1, 0.15) is 5.54 Å². The van der Waals surface area contributed by atoms with Crippen LogP contribution in [0.4, 0.5) is 0 Å². The second-order valence-corrected chi connectivity index (χ2v) is 7.52. The van der Waals surface area contributed by atoms with Crippen molar-refractivity contribution in [1.82, 2.24) is 5.32 Å². The maximum absolute atomic E-state index is 12.1. The summed E-state index contributed by atoms with van der Waals surface area (Å²) >= 11 is 0. The SMILES string of the molecule is C[C@@H]1CC[C@@H](CNC(=O)[C@@H](N)C(C)(C)C)[C@@](N)(C(=O)O)C1. The van der Waals surface area contributed by atoms with E-state index in [4.69, 9.17) is 11.5 Å². The van der Waals surface area contributed by atoms with Crippen LogP contribution in [-0.2, 0) is 9.59 Å². The summed E-state index contributed by atoms with van der Waals surface area (Å²) in [4.78, 5) is 23.6. The van der Waals surface area contributed by atoms with Crippen LogP contribution in [0.5, 0.6) is 0 Å². The van der Waals surface area contributed by atoms with Gasteiger partial charge in [0, 0.05) is 12.5 Å². The molecule has 1 rings (SSSR count). The molecule has 0 spiro atoms. The molecule has 0 heterocycles. The van der Waals surface area contributed by atoms with Gasteiger partial charge < -0.3 is 21.9 Å². The van der Waals surface area contributed by atoms with Crippen LogP contribution in [0.15, 0.2) is 0 Å². The van der Waals surface area contributed by atoms with E-state index in [1.54, 1.807) is 0 Å². The second-order valence-electron chi connectivity index (χ2n) is 7.52. The third-order valence-electron chi connectivity index (χ3n) is 4.56. The Kier molecular flexibility index (Phi) is 5.39. The summed E-state index contributed by atoms with van der Waals surface area (Å²) in [6.45, 7) is 7.95. The van der Waals surface area contributed by atoms with Gasteiger partial charge in [0.05, 0.1) is 6.04 Å². The highest BCUT2D eigenvalue weighted by molar-refractivity contribution is 5.83. The molecule has 4 atom stereocenters. The maximum atomic E-state index is 12.1. The number of carbonyl (C=O) groups excluding carboxylic acids is 1. The van der Waals surface area contributed by atoms with Gasteiger partial charge in [-0.1, -0.05) is 34.1 Å². The molecule has 1 aliphatic rings. The lowest BCUT2D eigenvalue weighted by Crippen LogP contribution is -2.60. The molecular formula is C15H29N3O3. The molecule has 6 heteroatoms. The maximum Gasteiger partial charge on any atom is 0.324 e. The fraction of sp³-hybridized carbons (Fsp3) is 0.867. The molecule has 0 saturated heterocycles. The summed E-state index contributed by atoms with van der Waals surface area (Å²) in [5.74, 6) is -1.22. The smallest absolute Gasteiger partial charge is 0.324 e. The summed E-state index contributed by atoms with van der Waals surface area (Å²) in [6.07, 6.45) is 2.07. The number of amides is 1. The number of nitrogens with one attached hydrogen (secondary N) is 1. The van der Waals surface area contributed by atoms with Crippen LogP contribution < -0.4 is 16.8 Å². The van der Waals surface area contributed by atoms with Crippen molar-refractivity contribution in [3.05, 3.63) is 0 Å². The van der Waals surface area contributed by atoms with Crippen LogP contribution in [0.25, 0.3) is 0 Å². The minimum absolute atomic E-state index is 0.256. The molecule has 122 valence electrons. The van der Waals surface area contributed by atoms with Crippen LogP contribution in [0, 0.1) is 17.3 Å². The lowest BCUT2D eigenvalue weighted by atomic mass is 9.69. The van der Waals surface area contributed by atoms with Crippen molar-refractivity contribution in [1.29, 1.82) is 0 Å². The van der Waals surface area contributed by atoms with Gasteiger partial charge in [0.25, 0.3) is 0 Å². The molecule has 0 bridgehead atoms. The third kappa shape index (κ3) is 4.17. The number of carboxylic acids is 1. The predicted molar refractivity (Wildman–Crippen MR) is 81.5 cm³/mol. The molecule has 0 aromatic rings. The molecule has 0 radical (unpaired) electrons. The molecule has 0 aliphatic heterocycles. The molecular weight excluding hydrogens is 270 g/mol. The van der Waals surface area contributed by atoms with E-state index in [1.807, 2.05) is 27.7 Å². The van der Waals surface area contributed by atoms with Gasteiger partial charge in [-0.05, 0) is 24.2 Å². The van der Waals surface area contributed by atoms with Crippen molar-refractivity contribution < 1.29 is 14.7 Å². The van der Waals surface area contributed by atoms with Crippen molar-refractivity contribution in [3.63, 3.8) is 0 Å². The number of nitrogens with two attached hydrogens (primary N) is 2. The number of aliphatic carboxylic acids is 1. The van der Waals surface area contributed by atoms with Gasteiger partial charge in [0.15, 0.2) is 0 Å². The average Bonchev–Trinajstić information content (AvgIpc) is 2.35. The molecule has 21 heavy (non-hydrogen) atoms. The number of rotatable bonds is 4. The Labute approximate surface area is 126 Å². The zero-order valence-electron chi connectivity index (χ0n) is 13.5. The van der Waals surface area contributed by atoms with E-state index in [2.05, 4.69) is 5.32 Å². The Balaban J connectivity index is 2.69. The highest BCUT2D eigenvalue weighted by atomic mass is 16.4. The first-order valence-corrected chi connectivity index (χ1v) is 7.54. The van der Waals surface area contributed by atoms with Crippen molar-refractivity contribution in [3.8, 4) is 0 Å². The molecule has 1 aliphatic carbocycles. The topological polar surface area (TPSA) is 118 Å². The van der Waals surface area contributed by atoms with E-state index in [9.17, 15) is 14.7 Å². The van der Waals surface area contributed by atoms with Gasteiger partial charge in [-0.25, -0.2) is 0 Å². The van der Waals surface area contributed by atoms with Crippen LogP contribution in [0.2, 0.25) is 0 Å². The quantitative estimate of drug-likeness (QED) is 0.609. The van der Waals surface area contributed by atoms with Gasteiger partial charge in [-0.15, -0.1) is 0 Å². The molecule has 0 aromatic heterocycles. The Morgan fingerprint density at radius 1 is 1.38 bits per heavy atom. The second kappa shape index (κ2) is 6.32. The van der Waals surface area contributed by atoms with Crippen LogP contribution in [0.3, 0.4) is 0 Å². The fourth-order valence-electron chi connectivity index (χ4n) is 2.86. The van der Waals surface area contributed by atoms with Gasteiger partial charge >= 0.3 is 5.97 Å². The molecule has 1 fully saturated rings. The molecule has 1 saturated carbocycles. The molecule has 6 N–H and O–H groups in total. The van der Waals surface area contributed by atoms with Crippen LogP contribution in [0.1, 0.15) is 47.0 Å². The Bertz CT molecular complexity index is 405. The van der Waals surface area contributed by atoms with E-state index in [0.29, 0.717) is 12.8 Å². The predicted octanol–water partition coefficient (Wildman–Crippen LogP) is 0.694. The van der Waals surface area contributed by atoms with Crippen molar-refractivity contribution in [2.24, 2.45) is 28.7 Å². The largest absolute Gasteiger partial charge is 0.480 e. The highest BCUT2D eigenvalue weighted by Crippen LogP contribution is 2.35. The molecule has 0 aromatic carbocycles. The van der Waals surface area contributed by atoms with E-state index in [1.165, 1.54) is 0 Å². The van der Waals surface area contributed by atoms with Crippen molar-refractivity contribution in [2.75, 3.05) is 6.54 Å². The number of hydrogen-bond donors (Lipinski definition) is 4. The molecule has 1 amide bonds. The average molecular weight is 299 g/mol. The minimum atomic E-state index is -1.27. The monoisotopic (exact) mass is 299 g/mol. The van der Waals surface area contributed by atoms with Crippen molar-refractivity contribution in [2.45, 2.75) is 58.5 Å².